The number of rotatable bonds is 2. The van der Waals surface area contributed by atoms with E-state index < -0.39 is 12.1 Å². The van der Waals surface area contributed by atoms with Gasteiger partial charge in [-0.15, -0.1) is 0 Å². The number of nitrogens with two attached hydrogens (primary N) is 1. The Bertz CT molecular complexity index is 316. The first-order valence-electron chi connectivity index (χ1n) is 4.74. The molecule has 2 rings (SSSR count). The first-order valence-corrected chi connectivity index (χ1v) is 4.74. The summed E-state index contributed by atoms with van der Waals surface area (Å²) in [5.41, 5.74) is 6.19. The van der Waals surface area contributed by atoms with Crippen molar-refractivity contribution in [3.63, 3.8) is 0 Å². The minimum atomic E-state index is -2.58. The normalized spacial score (nSPS) is 20.6. The lowest BCUT2D eigenvalue weighted by atomic mass is 9.95. The predicted molar refractivity (Wildman–Crippen MR) is 47.8 cm³/mol. The van der Waals surface area contributed by atoms with Crippen molar-refractivity contribution in [3.8, 4) is 0 Å². The standard InChI is InChI=1S/C9H13F2N3/c10-8(11)14-6-3-7(13-14)9(12)4-1-2-5-9/h3,6,8H,1-2,4-5,12H2. The van der Waals surface area contributed by atoms with Crippen LogP contribution >= 0.6 is 0 Å². The SMILES string of the molecule is NC1(c2ccn(C(F)F)n2)CCCC1. The summed E-state index contributed by atoms with van der Waals surface area (Å²) in [5.74, 6) is 0. The van der Waals surface area contributed by atoms with Gasteiger partial charge in [-0.2, -0.15) is 13.9 Å². The highest BCUT2D eigenvalue weighted by molar-refractivity contribution is 5.14. The lowest BCUT2D eigenvalue weighted by Crippen LogP contribution is -2.33. The fourth-order valence-electron chi connectivity index (χ4n) is 1.97. The second-order valence-electron chi connectivity index (χ2n) is 3.82. The third kappa shape index (κ3) is 1.52. The van der Waals surface area contributed by atoms with Gasteiger partial charge in [-0.05, 0) is 18.9 Å². The molecule has 0 radical (unpaired) electrons. The minimum absolute atomic E-state index is 0.472. The molecule has 0 saturated heterocycles. The first-order chi connectivity index (χ1) is 6.62. The second kappa shape index (κ2) is 3.31. The molecule has 2 N–H and O–H groups in total. The van der Waals surface area contributed by atoms with Gasteiger partial charge >= 0.3 is 6.55 Å². The summed E-state index contributed by atoms with van der Waals surface area (Å²) in [7, 11) is 0. The van der Waals surface area contributed by atoms with Crippen molar-refractivity contribution < 1.29 is 8.78 Å². The zero-order chi connectivity index (χ0) is 10.2. The van der Waals surface area contributed by atoms with E-state index in [9.17, 15) is 8.78 Å². The van der Waals surface area contributed by atoms with Crippen LogP contribution in [0.3, 0.4) is 0 Å². The topological polar surface area (TPSA) is 43.8 Å². The van der Waals surface area contributed by atoms with E-state index in [0.717, 1.165) is 25.7 Å². The third-order valence-electron chi connectivity index (χ3n) is 2.81. The van der Waals surface area contributed by atoms with Gasteiger partial charge in [-0.25, -0.2) is 4.68 Å². The summed E-state index contributed by atoms with van der Waals surface area (Å²) in [5, 5.41) is 3.81. The van der Waals surface area contributed by atoms with Crippen LogP contribution in [0.1, 0.15) is 37.9 Å². The number of aromatic nitrogens is 2. The highest BCUT2D eigenvalue weighted by Gasteiger charge is 2.33. The molecule has 78 valence electrons. The molecule has 1 aliphatic carbocycles. The van der Waals surface area contributed by atoms with E-state index in [1.54, 1.807) is 6.07 Å². The van der Waals surface area contributed by atoms with E-state index in [-0.39, 0.29) is 0 Å². The molecule has 1 saturated carbocycles. The van der Waals surface area contributed by atoms with E-state index in [1.165, 1.54) is 6.20 Å². The van der Waals surface area contributed by atoms with E-state index in [0.29, 0.717) is 10.4 Å². The molecule has 0 spiro atoms. The third-order valence-corrected chi connectivity index (χ3v) is 2.81. The maximum atomic E-state index is 12.3. The summed E-state index contributed by atoms with van der Waals surface area (Å²) < 4.78 is 25.2. The Balaban J connectivity index is 2.23. The smallest absolute Gasteiger partial charge is 0.320 e. The fraction of sp³-hybridized carbons (Fsp3) is 0.667. The summed E-state index contributed by atoms with van der Waals surface area (Å²) >= 11 is 0. The van der Waals surface area contributed by atoms with Crippen LogP contribution < -0.4 is 5.73 Å². The zero-order valence-electron chi connectivity index (χ0n) is 7.79. The summed E-state index contributed by atoms with van der Waals surface area (Å²) in [6.45, 7) is -2.58. The van der Waals surface area contributed by atoms with Crippen molar-refractivity contribution in [1.82, 2.24) is 9.78 Å². The molecule has 0 unspecified atom stereocenters. The molecule has 3 nitrogen and oxygen atoms in total. The lowest BCUT2D eigenvalue weighted by Gasteiger charge is -2.20. The molecule has 1 aromatic rings. The Hall–Kier alpha value is -0.970. The van der Waals surface area contributed by atoms with E-state index in [1.807, 2.05) is 0 Å². The molecule has 0 atom stereocenters. The number of halogens is 2. The maximum Gasteiger partial charge on any atom is 0.333 e. The molecule has 14 heavy (non-hydrogen) atoms. The highest BCUT2D eigenvalue weighted by atomic mass is 19.3. The van der Waals surface area contributed by atoms with Crippen molar-refractivity contribution in [3.05, 3.63) is 18.0 Å². The van der Waals surface area contributed by atoms with Crippen LogP contribution in [0.2, 0.25) is 0 Å². The molecule has 1 aromatic heterocycles. The average Bonchev–Trinajstić information content (AvgIpc) is 2.71. The quantitative estimate of drug-likeness (QED) is 0.795. The Kier molecular flexibility index (Phi) is 2.26. The van der Waals surface area contributed by atoms with Crippen molar-refractivity contribution in [1.29, 1.82) is 0 Å². The van der Waals surface area contributed by atoms with Crippen LogP contribution in [0, 0.1) is 0 Å². The van der Waals surface area contributed by atoms with Crippen LogP contribution in [-0.4, -0.2) is 9.78 Å². The van der Waals surface area contributed by atoms with Gasteiger partial charge in [-0.1, -0.05) is 12.8 Å². The summed E-state index contributed by atoms with van der Waals surface area (Å²) in [4.78, 5) is 0. The van der Waals surface area contributed by atoms with Gasteiger partial charge in [0.05, 0.1) is 11.2 Å². The Morgan fingerprint density at radius 1 is 1.43 bits per heavy atom. The fourth-order valence-corrected chi connectivity index (χ4v) is 1.97. The molecular formula is C9H13F2N3. The summed E-state index contributed by atoms with van der Waals surface area (Å²) in [6.07, 6.45) is 5.07. The van der Waals surface area contributed by atoms with Gasteiger partial charge in [-0.3, -0.25) is 0 Å². The van der Waals surface area contributed by atoms with Crippen molar-refractivity contribution >= 4 is 0 Å². The monoisotopic (exact) mass is 201 g/mol. The van der Waals surface area contributed by atoms with E-state index in [2.05, 4.69) is 5.10 Å². The largest absolute Gasteiger partial charge is 0.333 e. The van der Waals surface area contributed by atoms with Crippen molar-refractivity contribution in [2.45, 2.75) is 37.8 Å². The maximum absolute atomic E-state index is 12.3. The zero-order valence-corrected chi connectivity index (χ0v) is 7.79. The molecule has 5 heteroatoms. The number of hydrogen-bond acceptors (Lipinski definition) is 2. The van der Waals surface area contributed by atoms with E-state index >= 15 is 0 Å². The van der Waals surface area contributed by atoms with Crippen LogP contribution in [0.15, 0.2) is 12.3 Å². The Morgan fingerprint density at radius 3 is 2.57 bits per heavy atom. The molecule has 0 aromatic carbocycles. The van der Waals surface area contributed by atoms with Crippen LogP contribution in [-0.2, 0) is 5.54 Å². The molecule has 1 aliphatic rings. The Morgan fingerprint density at radius 2 is 2.07 bits per heavy atom. The van der Waals surface area contributed by atoms with Crippen molar-refractivity contribution in [2.24, 2.45) is 5.73 Å². The summed E-state index contributed by atoms with van der Waals surface area (Å²) in [6, 6.07) is 1.59. The number of hydrogen-bond donors (Lipinski definition) is 1. The second-order valence-corrected chi connectivity index (χ2v) is 3.82. The molecule has 1 heterocycles. The number of nitrogens with zero attached hydrogens (tertiary/aromatic N) is 2. The first kappa shape index (κ1) is 9.58. The van der Waals surface area contributed by atoms with Gasteiger partial charge < -0.3 is 5.73 Å². The van der Waals surface area contributed by atoms with Crippen molar-refractivity contribution in [2.75, 3.05) is 0 Å². The van der Waals surface area contributed by atoms with Gasteiger partial charge in [0.1, 0.15) is 0 Å². The van der Waals surface area contributed by atoms with Gasteiger partial charge in [0.25, 0.3) is 0 Å². The average molecular weight is 201 g/mol. The molecule has 0 amide bonds. The van der Waals surface area contributed by atoms with Gasteiger partial charge in [0.2, 0.25) is 0 Å². The number of alkyl halides is 2. The molecule has 0 bridgehead atoms. The van der Waals surface area contributed by atoms with Crippen LogP contribution in [0.4, 0.5) is 8.78 Å². The van der Waals surface area contributed by atoms with E-state index in [4.69, 9.17) is 5.73 Å². The highest BCUT2D eigenvalue weighted by Crippen LogP contribution is 2.35. The van der Waals surface area contributed by atoms with Gasteiger partial charge in [0.15, 0.2) is 0 Å². The van der Waals surface area contributed by atoms with Gasteiger partial charge in [0, 0.05) is 6.20 Å². The Labute approximate surface area is 80.9 Å². The predicted octanol–water partition coefficient (Wildman–Crippen LogP) is 2.01. The molecule has 1 fully saturated rings. The lowest BCUT2D eigenvalue weighted by molar-refractivity contribution is 0.0556. The minimum Gasteiger partial charge on any atom is -0.320 e. The van der Waals surface area contributed by atoms with Crippen LogP contribution in [0.25, 0.3) is 0 Å². The van der Waals surface area contributed by atoms with Crippen LogP contribution in [0.5, 0.6) is 0 Å². The molecule has 0 aliphatic heterocycles. The molecular weight excluding hydrogens is 188 g/mol.